The molecule has 0 heterocycles. The van der Waals surface area contributed by atoms with Gasteiger partial charge in [-0.25, -0.2) is 0 Å². The van der Waals surface area contributed by atoms with Crippen LogP contribution < -0.4 is 5.32 Å². The summed E-state index contributed by atoms with van der Waals surface area (Å²) >= 11 is 1.60. The summed E-state index contributed by atoms with van der Waals surface area (Å²) in [6.07, 6.45) is 4.13. The Morgan fingerprint density at radius 2 is 1.85 bits per heavy atom. The van der Waals surface area contributed by atoms with Crippen LogP contribution in [-0.2, 0) is 6.42 Å². The Kier molecular flexibility index (Phi) is 5.09. The number of para-hydroxylation sites is 1. The molecule has 0 saturated heterocycles. The van der Waals surface area contributed by atoms with Gasteiger partial charge in [0.2, 0.25) is 0 Å². The molecule has 1 N–H and O–H groups in total. The van der Waals surface area contributed by atoms with E-state index in [1.165, 1.54) is 5.56 Å². The second-order valence-electron chi connectivity index (χ2n) is 4.53. The van der Waals surface area contributed by atoms with E-state index in [1.54, 1.807) is 11.8 Å². The minimum Gasteiger partial charge on any atom is -0.354 e. The van der Waals surface area contributed by atoms with Crippen LogP contribution in [0.15, 0.2) is 47.4 Å². The smallest absolute Gasteiger partial charge is 0.103 e. The molecule has 0 aliphatic heterocycles. The molecule has 2 aromatic rings. The molecule has 0 atom stereocenters. The van der Waals surface area contributed by atoms with Crippen molar-refractivity contribution in [2.75, 3.05) is 11.6 Å². The molecule has 0 aliphatic carbocycles. The van der Waals surface area contributed by atoms with Gasteiger partial charge in [-0.2, -0.15) is 5.26 Å². The summed E-state index contributed by atoms with van der Waals surface area (Å²) in [6, 6.07) is 16.5. The van der Waals surface area contributed by atoms with E-state index in [1.807, 2.05) is 30.5 Å². The molecule has 2 aromatic carbocycles. The first-order valence-electron chi connectivity index (χ1n) is 6.72. The maximum atomic E-state index is 9.38. The van der Waals surface area contributed by atoms with Gasteiger partial charge in [-0.15, -0.1) is 11.8 Å². The molecule has 20 heavy (non-hydrogen) atoms. The van der Waals surface area contributed by atoms with Gasteiger partial charge in [0.1, 0.15) is 6.07 Å². The Balaban J connectivity index is 2.38. The van der Waals surface area contributed by atoms with Crippen LogP contribution in [0.25, 0.3) is 0 Å². The minimum atomic E-state index is 0.714. The summed E-state index contributed by atoms with van der Waals surface area (Å²) < 4.78 is 0. The van der Waals surface area contributed by atoms with Gasteiger partial charge in [0.05, 0.1) is 11.3 Å². The predicted molar refractivity (Wildman–Crippen MR) is 86.7 cm³/mol. The summed E-state index contributed by atoms with van der Waals surface area (Å²) in [7, 11) is 0. The molecule has 0 bridgehead atoms. The van der Waals surface area contributed by atoms with Crippen molar-refractivity contribution in [1.29, 1.82) is 5.26 Å². The van der Waals surface area contributed by atoms with Crippen LogP contribution >= 0.6 is 11.8 Å². The number of benzene rings is 2. The molecule has 2 nitrogen and oxygen atoms in total. The lowest BCUT2D eigenvalue weighted by Crippen LogP contribution is -1.98. The van der Waals surface area contributed by atoms with Crippen molar-refractivity contribution in [2.24, 2.45) is 0 Å². The highest BCUT2D eigenvalue weighted by Crippen LogP contribution is 2.30. The van der Waals surface area contributed by atoms with Crippen molar-refractivity contribution in [3.8, 4) is 6.07 Å². The first kappa shape index (κ1) is 14.5. The number of thioether (sulfide) groups is 1. The first-order chi connectivity index (χ1) is 9.80. The third-order valence-electron chi connectivity index (χ3n) is 3.16. The topological polar surface area (TPSA) is 35.8 Å². The summed E-state index contributed by atoms with van der Waals surface area (Å²) in [6.45, 7) is 2.17. The Labute approximate surface area is 124 Å². The number of hydrogen-bond donors (Lipinski definition) is 1. The van der Waals surface area contributed by atoms with Crippen LogP contribution in [-0.4, -0.2) is 6.26 Å². The number of nitrogens with one attached hydrogen (secondary N) is 1. The highest BCUT2D eigenvalue weighted by molar-refractivity contribution is 7.98. The van der Waals surface area contributed by atoms with Crippen LogP contribution in [0.4, 0.5) is 11.4 Å². The molecule has 3 heteroatoms. The lowest BCUT2D eigenvalue weighted by atomic mass is 10.1. The van der Waals surface area contributed by atoms with Gasteiger partial charge in [-0.05, 0) is 36.4 Å². The highest BCUT2D eigenvalue weighted by Gasteiger charge is 2.09. The Hall–Kier alpha value is -1.92. The zero-order chi connectivity index (χ0) is 14.4. The number of hydrogen-bond acceptors (Lipinski definition) is 3. The van der Waals surface area contributed by atoms with E-state index in [4.69, 9.17) is 0 Å². The molecule has 0 saturated carbocycles. The number of rotatable bonds is 5. The van der Waals surface area contributed by atoms with Gasteiger partial charge in [0.25, 0.3) is 0 Å². The first-order valence-corrected chi connectivity index (χ1v) is 7.94. The molecule has 0 unspecified atom stereocenters. The fourth-order valence-electron chi connectivity index (χ4n) is 2.20. The third kappa shape index (κ3) is 3.15. The molecule has 0 spiro atoms. The summed E-state index contributed by atoms with van der Waals surface area (Å²) in [5, 5.41) is 12.8. The average molecular weight is 282 g/mol. The standard InChI is InChI=1S/C17H18N2S/c1-3-7-13-8-4-5-9-15(13)19-16-10-6-11-17(20-2)14(16)12-18/h4-6,8-11,19H,3,7H2,1-2H3. The number of nitriles is 1. The highest BCUT2D eigenvalue weighted by atomic mass is 32.2. The molecular weight excluding hydrogens is 264 g/mol. The second-order valence-corrected chi connectivity index (χ2v) is 5.37. The van der Waals surface area contributed by atoms with Crippen LogP contribution in [0, 0.1) is 11.3 Å². The number of anilines is 2. The number of nitrogens with zero attached hydrogens (tertiary/aromatic N) is 1. The van der Waals surface area contributed by atoms with E-state index >= 15 is 0 Å². The van der Waals surface area contributed by atoms with Crippen molar-refractivity contribution >= 4 is 23.1 Å². The molecular formula is C17H18N2S. The van der Waals surface area contributed by atoms with Crippen molar-refractivity contribution in [3.05, 3.63) is 53.6 Å². The maximum Gasteiger partial charge on any atom is 0.103 e. The fraction of sp³-hybridized carbons (Fsp3) is 0.235. The SMILES string of the molecule is CCCc1ccccc1Nc1cccc(SC)c1C#N. The van der Waals surface area contributed by atoms with Gasteiger partial charge in [0.15, 0.2) is 0 Å². The molecule has 0 aliphatic rings. The van der Waals surface area contributed by atoms with Gasteiger partial charge in [-0.3, -0.25) is 0 Å². The Bertz CT molecular complexity index is 629. The third-order valence-corrected chi connectivity index (χ3v) is 3.94. The van der Waals surface area contributed by atoms with Gasteiger partial charge >= 0.3 is 0 Å². The van der Waals surface area contributed by atoms with Crippen molar-refractivity contribution in [3.63, 3.8) is 0 Å². The Morgan fingerprint density at radius 3 is 2.55 bits per heavy atom. The van der Waals surface area contributed by atoms with E-state index in [-0.39, 0.29) is 0 Å². The van der Waals surface area contributed by atoms with Crippen LogP contribution in [0.5, 0.6) is 0 Å². The van der Waals surface area contributed by atoms with E-state index in [9.17, 15) is 5.26 Å². The molecule has 0 amide bonds. The van der Waals surface area contributed by atoms with E-state index in [2.05, 4.69) is 36.5 Å². The minimum absolute atomic E-state index is 0.714. The normalized spacial score (nSPS) is 10.1. The van der Waals surface area contributed by atoms with Crippen molar-refractivity contribution < 1.29 is 0 Å². The monoisotopic (exact) mass is 282 g/mol. The van der Waals surface area contributed by atoms with Crippen LogP contribution in [0.2, 0.25) is 0 Å². The van der Waals surface area contributed by atoms with Crippen LogP contribution in [0.1, 0.15) is 24.5 Å². The van der Waals surface area contributed by atoms with Crippen LogP contribution in [0.3, 0.4) is 0 Å². The second kappa shape index (κ2) is 7.02. The zero-order valence-electron chi connectivity index (χ0n) is 11.8. The zero-order valence-corrected chi connectivity index (χ0v) is 12.6. The van der Waals surface area contributed by atoms with E-state index in [0.717, 1.165) is 29.1 Å². The fourth-order valence-corrected chi connectivity index (χ4v) is 2.77. The average Bonchev–Trinajstić information content (AvgIpc) is 2.49. The van der Waals surface area contributed by atoms with E-state index < -0.39 is 0 Å². The predicted octanol–water partition coefficient (Wildman–Crippen LogP) is 4.98. The maximum absolute atomic E-state index is 9.38. The quantitative estimate of drug-likeness (QED) is 0.786. The van der Waals surface area contributed by atoms with E-state index in [0.29, 0.717) is 5.56 Å². The number of aryl methyl sites for hydroxylation is 1. The molecule has 0 aromatic heterocycles. The lowest BCUT2D eigenvalue weighted by Gasteiger charge is -2.14. The van der Waals surface area contributed by atoms with Crippen molar-refractivity contribution in [1.82, 2.24) is 0 Å². The van der Waals surface area contributed by atoms with Crippen molar-refractivity contribution in [2.45, 2.75) is 24.7 Å². The molecule has 102 valence electrons. The largest absolute Gasteiger partial charge is 0.354 e. The summed E-state index contributed by atoms with van der Waals surface area (Å²) in [4.78, 5) is 1.01. The summed E-state index contributed by atoms with van der Waals surface area (Å²) in [5.41, 5.74) is 3.96. The van der Waals surface area contributed by atoms with Gasteiger partial charge in [-0.1, -0.05) is 37.6 Å². The molecule has 0 radical (unpaired) electrons. The van der Waals surface area contributed by atoms with Gasteiger partial charge < -0.3 is 5.32 Å². The molecule has 2 rings (SSSR count). The van der Waals surface area contributed by atoms with Gasteiger partial charge in [0, 0.05) is 10.6 Å². The lowest BCUT2D eigenvalue weighted by molar-refractivity contribution is 0.923. The Morgan fingerprint density at radius 1 is 1.10 bits per heavy atom. The summed E-state index contributed by atoms with van der Waals surface area (Å²) in [5.74, 6) is 0. The molecule has 0 fully saturated rings.